The van der Waals surface area contributed by atoms with Crippen LogP contribution in [-0.4, -0.2) is 35.1 Å². The lowest BCUT2D eigenvalue weighted by molar-refractivity contribution is -0.136. The highest BCUT2D eigenvalue weighted by Crippen LogP contribution is 2.24. The maximum absolute atomic E-state index is 12.4. The van der Waals surface area contributed by atoms with Gasteiger partial charge in [-0.15, -0.1) is 0 Å². The number of carbonyl (C=O) groups is 2. The van der Waals surface area contributed by atoms with Crippen LogP contribution >= 0.6 is 0 Å². The topological polar surface area (TPSA) is 82.5 Å². The van der Waals surface area contributed by atoms with E-state index < -0.39 is 5.97 Å². The number of hydrogen-bond acceptors (Lipinski definition) is 4. The molecule has 0 spiro atoms. The summed E-state index contributed by atoms with van der Waals surface area (Å²) in [5, 5.41) is 11.7. The number of nitrogens with one attached hydrogen (secondary N) is 1. The number of rotatable bonds is 5. The average Bonchev–Trinajstić information content (AvgIpc) is 2.64. The third kappa shape index (κ3) is 4.56. The first kappa shape index (κ1) is 17.0. The Kier molecular flexibility index (Phi) is 5.28. The van der Waals surface area contributed by atoms with Crippen LogP contribution in [0.25, 0.3) is 0 Å². The van der Waals surface area contributed by atoms with Crippen LogP contribution in [0.3, 0.4) is 0 Å². The minimum Gasteiger partial charge on any atom is -0.481 e. The van der Waals surface area contributed by atoms with Gasteiger partial charge in [-0.1, -0.05) is 12.1 Å². The molecule has 1 aliphatic heterocycles. The van der Waals surface area contributed by atoms with Gasteiger partial charge in [0, 0.05) is 42.8 Å². The number of carboxylic acids is 1. The first-order valence-electron chi connectivity index (χ1n) is 8.38. The first-order valence-corrected chi connectivity index (χ1v) is 8.38. The molecule has 0 aliphatic carbocycles. The number of carbonyl (C=O) groups excluding carboxylic acids is 1. The predicted octanol–water partition coefficient (Wildman–Crippen LogP) is 2.56. The van der Waals surface area contributed by atoms with Crippen molar-refractivity contribution in [2.24, 2.45) is 5.92 Å². The van der Waals surface area contributed by atoms with E-state index in [9.17, 15) is 9.59 Å². The smallest absolute Gasteiger partial charge is 0.307 e. The quantitative estimate of drug-likeness (QED) is 0.875. The highest BCUT2D eigenvalue weighted by molar-refractivity contribution is 5.92. The second-order valence-corrected chi connectivity index (χ2v) is 6.22. The van der Waals surface area contributed by atoms with Crippen LogP contribution in [0.1, 0.15) is 18.4 Å². The van der Waals surface area contributed by atoms with Gasteiger partial charge in [-0.3, -0.25) is 14.6 Å². The Morgan fingerprint density at radius 2 is 1.72 bits per heavy atom. The summed E-state index contributed by atoms with van der Waals surface area (Å²) in [7, 11) is 0. The molecule has 1 aromatic carbocycles. The number of anilines is 2. The zero-order chi connectivity index (χ0) is 17.6. The van der Waals surface area contributed by atoms with Crippen molar-refractivity contribution in [3.05, 3.63) is 54.4 Å². The third-order valence-corrected chi connectivity index (χ3v) is 4.47. The summed E-state index contributed by atoms with van der Waals surface area (Å²) in [4.78, 5) is 29.4. The molecule has 0 unspecified atom stereocenters. The van der Waals surface area contributed by atoms with Gasteiger partial charge in [0.25, 0.3) is 0 Å². The van der Waals surface area contributed by atoms with Crippen molar-refractivity contribution in [1.82, 2.24) is 4.98 Å². The molecule has 0 saturated carbocycles. The van der Waals surface area contributed by atoms with E-state index in [2.05, 4.69) is 15.2 Å². The number of pyridine rings is 1. The van der Waals surface area contributed by atoms with Crippen molar-refractivity contribution in [3.63, 3.8) is 0 Å². The number of carboxylic acid groups (broad SMARTS) is 1. The van der Waals surface area contributed by atoms with Gasteiger partial charge in [0.1, 0.15) is 0 Å². The van der Waals surface area contributed by atoms with Gasteiger partial charge in [0.05, 0.1) is 6.42 Å². The Hall–Kier alpha value is -2.89. The van der Waals surface area contributed by atoms with Gasteiger partial charge in [-0.2, -0.15) is 0 Å². The van der Waals surface area contributed by atoms with Gasteiger partial charge >= 0.3 is 5.97 Å². The van der Waals surface area contributed by atoms with Crippen LogP contribution < -0.4 is 10.2 Å². The van der Waals surface area contributed by atoms with Crippen molar-refractivity contribution in [2.75, 3.05) is 23.3 Å². The maximum atomic E-state index is 12.4. The number of piperidine rings is 1. The van der Waals surface area contributed by atoms with Crippen molar-refractivity contribution in [2.45, 2.75) is 19.3 Å². The fraction of sp³-hybridized carbons (Fsp3) is 0.316. The monoisotopic (exact) mass is 339 g/mol. The lowest BCUT2D eigenvalue weighted by atomic mass is 9.95. The van der Waals surface area contributed by atoms with Gasteiger partial charge in [-0.25, -0.2) is 0 Å². The predicted molar refractivity (Wildman–Crippen MR) is 95.6 cm³/mol. The molecular formula is C19H21N3O3. The SMILES string of the molecule is O=C(O)Cc1ccc(NC(=O)C2CCN(c3ccncc3)CC2)cc1. The molecule has 2 heterocycles. The molecule has 130 valence electrons. The van der Waals surface area contributed by atoms with Gasteiger partial charge in [-0.05, 0) is 42.7 Å². The van der Waals surface area contributed by atoms with Crippen LogP contribution in [-0.2, 0) is 16.0 Å². The van der Waals surface area contributed by atoms with Crippen LogP contribution in [0.15, 0.2) is 48.8 Å². The van der Waals surface area contributed by atoms with E-state index in [0.717, 1.165) is 37.2 Å². The number of amides is 1. The fourth-order valence-corrected chi connectivity index (χ4v) is 3.08. The van der Waals surface area contributed by atoms with Crippen molar-refractivity contribution >= 4 is 23.3 Å². The molecule has 1 aromatic heterocycles. The largest absolute Gasteiger partial charge is 0.481 e. The molecule has 1 amide bonds. The van der Waals surface area contributed by atoms with Crippen molar-refractivity contribution in [1.29, 1.82) is 0 Å². The molecule has 25 heavy (non-hydrogen) atoms. The summed E-state index contributed by atoms with van der Waals surface area (Å²) < 4.78 is 0. The summed E-state index contributed by atoms with van der Waals surface area (Å²) in [5.74, 6) is -0.838. The molecule has 0 bridgehead atoms. The molecule has 6 heteroatoms. The molecular weight excluding hydrogens is 318 g/mol. The standard InChI is InChI=1S/C19H21N3O3/c23-18(24)13-14-1-3-16(4-2-14)21-19(25)15-7-11-22(12-8-15)17-5-9-20-10-6-17/h1-6,9-10,15H,7-8,11-13H2,(H,21,25)(H,23,24). The maximum Gasteiger partial charge on any atom is 0.307 e. The van der Waals surface area contributed by atoms with Crippen LogP contribution in [0.5, 0.6) is 0 Å². The summed E-state index contributed by atoms with van der Waals surface area (Å²) in [6.07, 6.45) is 5.17. The Balaban J connectivity index is 1.52. The molecule has 2 aromatic rings. The summed E-state index contributed by atoms with van der Waals surface area (Å²) >= 11 is 0. The second-order valence-electron chi connectivity index (χ2n) is 6.22. The number of hydrogen-bond donors (Lipinski definition) is 2. The molecule has 1 fully saturated rings. The normalized spacial score (nSPS) is 15.0. The number of nitrogens with zero attached hydrogens (tertiary/aromatic N) is 2. The van der Waals surface area contributed by atoms with E-state index in [4.69, 9.17) is 5.11 Å². The van der Waals surface area contributed by atoms with Crippen LogP contribution in [0.4, 0.5) is 11.4 Å². The molecule has 0 radical (unpaired) electrons. The fourth-order valence-electron chi connectivity index (χ4n) is 3.08. The highest BCUT2D eigenvalue weighted by Gasteiger charge is 2.25. The lowest BCUT2D eigenvalue weighted by Gasteiger charge is -2.32. The number of aromatic nitrogens is 1. The highest BCUT2D eigenvalue weighted by atomic mass is 16.4. The Morgan fingerprint density at radius 3 is 2.32 bits per heavy atom. The van der Waals surface area contributed by atoms with Crippen LogP contribution in [0.2, 0.25) is 0 Å². The van der Waals surface area contributed by atoms with E-state index >= 15 is 0 Å². The van der Waals surface area contributed by atoms with Crippen molar-refractivity contribution < 1.29 is 14.7 Å². The third-order valence-electron chi connectivity index (χ3n) is 4.47. The molecule has 1 aliphatic rings. The molecule has 2 N–H and O–H groups in total. The summed E-state index contributed by atoms with van der Waals surface area (Å²) in [5.41, 5.74) is 2.56. The zero-order valence-corrected chi connectivity index (χ0v) is 13.9. The molecule has 1 saturated heterocycles. The first-order chi connectivity index (χ1) is 12.1. The lowest BCUT2D eigenvalue weighted by Crippen LogP contribution is -2.38. The molecule has 0 atom stereocenters. The Labute approximate surface area is 146 Å². The van der Waals surface area contributed by atoms with Crippen molar-refractivity contribution in [3.8, 4) is 0 Å². The van der Waals surface area contributed by atoms with E-state index in [0.29, 0.717) is 5.69 Å². The minimum atomic E-state index is -0.863. The van der Waals surface area contributed by atoms with E-state index in [1.165, 1.54) is 0 Å². The molecule has 3 rings (SSSR count). The van der Waals surface area contributed by atoms with Gasteiger partial charge < -0.3 is 15.3 Å². The van der Waals surface area contributed by atoms with Gasteiger partial charge in [0.15, 0.2) is 0 Å². The second kappa shape index (κ2) is 7.79. The number of benzene rings is 1. The van der Waals surface area contributed by atoms with E-state index in [1.54, 1.807) is 36.7 Å². The van der Waals surface area contributed by atoms with E-state index in [-0.39, 0.29) is 18.2 Å². The minimum absolute atomic E-state index is 0.00298. The Morgan fingerprint density at radius 1 is 1.08 bits per heavy atom. The Bertz CT molecular complexity index is 723. The average molecular weight is 339 g/mol. The summed E-state index contributed by atoms with van der Waals surface area (Å²) in [6.45, 7) is 1.69. The van der Waals surface area contributed by atoms with Crippen LogP contribution in [0, 0.1) is 5.92 Å². The number of aliphatic carboxylic acids is 1. The van der Waals surface area contributed by atoms with Gasteiger partial charge in [0.2, 0.25) is 5.91 Å². The molecule has 6 nitrogen and oxygen atoms in total. The van der Waals surface area contributed by atoms with E-state index in [1.807, 2.05) is 12.1 Å². The zero-order valence-electron chi connectivity index (χ0n) is 13.9. The summed E-state index contributed by atoms with van der Waals surface area (Å²) in [6, 6.07) is 10.9.